The molecule has 0 spiro atoms. The van der Waals surface area contributed by atoms with Crippen molar-refractivity contribution >= 4 is 0 Å². The molecular formula is C10H21NO4. The predicted octanol–water partition coefficient (Wildman–Crippen LogP) is -0.613. The van der Waals surface area contributed by atoms with Crippen LogP contribution in [0.4, 0.5) is 0 Å². The van der Waals surface area contributed by atoms with Gasteiger partial charge in [-0.05, 0) is 6.92 Å². The number of rotatable bonds is 8. The zero-order valence-electron chi connectivity index (χ0n) is 9.44. The average Bonchev–Trinajstić information content (AvgIpc) is 2.13. The van der Waals surface area contributed by atoms with Crippen molar-refractivity contribution in [1.82, 2.24) is 5.32 Å². The minimum Gasteiger partial charge on any atom is -0.388 e. The molecule has 2 atom stereocenters. The maximum atomic E-state index is 9.52. The van der Waals surface area contributed by atoms with Crippen LogP contribution in [-0.2, 0) is 14.2 Å². The number of nitrogens with one attached hydrogen (secondary N) is 1. The number of aliphatic hydroxyl groups excluding tert-OH is 1. The quantitative estimate of drug-likeness (QED) is 0.570. The van der Waals surface area contributed by atoms with E-state index in [-0.39, 0.29) is 12.2 Å². The Kier molecular flexibility index (Phi) is 6.12. The summed E-state index contributed by atoms with van der Waals surface area (Å²) < 4.78 is 15.7. The zero-order valence-corrected chi connectivity index (χ0v) is 9.44. The summed E-state index contributed by atoms with van der Waals surface area (Å²) >= 11 is 0. The maximum absolute atomic E-state index is 9.52. The zero-order chi connectivity index (χ0) is 11.1. The first kappa shape index (κ1) is 12.9. The molecule has 2 unspecified atom stereocenters. The minimum atomic E-state index is -0.551. The number of ether oxygens (including phenoxy) is 3. The molecule has 1 rings (SSSR count). The van der Waals surface area contributed by atoms with Gasteiger partial charge >= 0.3 is 0 Å². The lowest BCUT2D eigenvalue weighted by Crippen LogP contribution is -2.49. The van der Waals surface area contributed by atoms with Gasteiger partial charge in [0.05, 0.1) is 32.0 Å². The fourth-order valence-electron chi connectivity index (χ4n) is 1.23. The van der Waals surface area contributed by atoms with Gasteiger partial charge in [0.15, 0.2) is 0 Å². The van der Waals surface area contributed by atoms with Crippen molar-refractivity contribution in [3.8, 4) is 0 Å². The van der Waals surface area contributed by atoms with E-state index < -0.39 is 6.10 Å². The molecule has 1 heterocycles. The van der Waals surface area contributed by atoms with Crippen LogP contribution >= 0.6 is 0 Å². The van der Waals surface area contributed by atoms with E-state index in [1.165, 1.54) is 0 Å². The Morgan fingerprint density at radius 1 is 1.33 bits per heavy atom. The SMILES string of the molecule is COCC(C)OCC(O)COC1CNC1. The van der Waals surface area contributed by atoms with Crippen LogP contribution in [-0.4, -0.2) is 63.4 Å². The van der Waals surface area contributed by atoms with Gasteiger partial charge in [-0.1, -0.05) is 0 Å². The molecule has 0 aliphatic carbocycles. The Balaban J connectivity index is 1.94. The van der Waals surface area contributed by atoms with Crippen molar-refractivity contribution in [2.24, 2.45) is 0 Å². The third kappa shape index (κ3) is 5.44. The van der Waals surface area contributed by atoms with E-state index in [9.17, 15) is 5.11 Å². The van der Waals surface area contributed by atoms with Crippen LogP contribution in [0.5, 0.6) is 0 Å². The van der Waals surface area contributed by atoms with E-state index >= 15 is 0 Å². The highest BCUT2D eigenvalue weighted by Gasteiger charge is 2.18. The Labute approximate surface area is 90.7 Å². The second-order valence-electron chi connectivity index (χ2n) is 3.87. The highest BCUT2D eigenvalue weighted by Crippen LogP contribution is 2.00. The molecule has 0 aromatic rings. The van der Waals surface area contributed by atoms with Gasteiger partial charge < -0.3 is 24.6 Å². The normalized spacial score (nSPS) is 21.0. The van der Waals surface area contributed by atoms with Gasteiger partial charge in [-0.3, -0.25) is 0 Å². The van der Waals surface area contributed by atoms with Crippen molar-refractivity contribution in [3.05, 3.63) is 0 Å². The third-order valence-corrected chi connectivity index (χ3v) is 2.24. The molecular weight excluding hydrogens is 198 g/mol. The van der Waals surface area contributed by atoms with E-state index in [1.807, 2.05) is 6.92 Å². The van der Waals surface area contributed by atoms with E-state index in [2.05, 4.69) is 5.32 Å². The lowest BCUT2D eigenvalue weighted by Gasteiger charge is -2.28. The molecule has 0 amide bonds. The fourth-order valence-corrected chi connectivity index (χ4v) is 1.23. The van der Waals surface area contributed by atoms with Gasteiger partial charge in [0.2, 0.25) is 0 Å². The summed E-state index contributed by atoms with van der Waals surface area (Å²) in [6, 6.07) is 0. The maximum Gasteiger partial charge on any atom is 0.101 e. The Morgan fingerprint density at radius 2 is 2.07 bits per heavy atom. The van der Waals surface area contributed by atoms with Gasteiger partial charge in [0, 0.05) is 20.2 Å². The third-order valence-electron chi connectivity index (χ3n) is 2.24. The highest BCUT2D eigenvalue weighted by atomic mass is 16.5. The van der Waals surface area contributed by atoms with Crippen LogP contribution in [0.2, 0.25) is 0 Å². The molecule has 2 N–H and O–H groups in total. The highest BCUT2D eigenvalue weighted by molar-refractivity contribution is 4.75. The van der Waals surface area contributed by atoms with Gasteiger partial charge in [0.25, 0.3) is 0 Å². The van der Waals surface area contributed by atoms with Gasteiger partial charge in [0.1, 0.15) is 6.10 Å². The molecule has 5 nitrogen and oxygen atoms in total. The molecule has 0 bridgehead atoms. The predicted molar refractivity (Wildman–Crippen MR) is 55.9 cm³/mol. The summed E-state index contributed by atoms with van der Waals surface area (Å²) in [5.41, 5.74) is 0. The molecule has 0 radical (unpaired) electrons. The fraction of sp³-hybridized carbons (Fsp3) is 1.00. The van der Waals surface area contributed by atoms with Crippen LogP contribution in [0, 0.1) is 0 Å². The standard InChI is InChI=1S/C10H21NO4/c1-8(5-13-2)14-6-9(12)7-15-10-3-11-4-10/h8-12H,3-7H2,1-2H3. The molecule has 1 saturated heterocycles. The van der Waals surface area contributed by atoms with Crippen molar-refractivity contribution in [1.29, 1.82) is 0 Å². The number of methoxy groups -OCH3 is 1. The summed E-state index contributed by atoms with van der Waals surface area (Å²) in [5.74, 6) is 0. The van der Waals surface area contributed by atoms with Crippen LogP contribution < -0.4 is 5.32 Å². The van der Waals surface area contributed by atoms with Crippen molar-refractivity contribution in [2.75, 3.05) is 40.0 Å². The molecule has 0 aromatic heterocycles. The number of aliphatic hydroxyl groups is 1. The molecule has 1 aliphatic rings. The summed E-state index contributed by atoms with van der Waals surface area (Å²) in [6.07, 6.45) is -0.282. The number of hydrogen-bond acceptors (Lipinski definition) is 5. The molecule has 1 aliphatic heterocycles. The van der Waals surface area contributed by atoms with Crippen LogP contribution in [0.1, 0.15) is 6.92 Å². The largest absolute Gasteiger partial charge is 0.388 e. The summed E-state index contributed by atoms with van der Waals surface area (Å²) in [5, 5.41) is 12.6. The van der Waals surface area contributed by atoms with Gasteiger partial charge in [-0.15, -0.1) is 0 Å². The molecule has 15 heavy (non-hydrogen) atoms. The lowest BCUT2D eigenvalue weighted by molar-refractivity contribution is -0.0775. The second kappa shape index (κ2) is 7.14. The Morgan fingerprint density at radius 3 is 2.60 bits per heavy atom. The minimum absolute atomic E-state index is 0.00928. The smallest absolute Gasteiger partial charge is 0.101 e. The Bertz CT molecular complexity index is 164. The van der Waals surface area contributed by atoms with Crippen LogP contribution in [0.3, 0.4) is 0 Å². The van der Waals surface area contributed by atoms with E-state index in [1.54, 1.807) is 7.11 Å². The average molecular weight is 219 g/mol. The topological polar surface area (TPSA) is 60.0 Å². The summed E-state index contributed by atoms with van der Waals surface area (Å²) in [6.45, 7) is 4.85. The van der Waals surface area contributed by atoms with E-state index in [0.717, 1.165) is 13.1 Å². The first-order chi connectivity index (χ1) is 7.22. The van der Waals surface area contributed by atoms with Gasteiger partial charge in [-0.25, -0.2) is 0 Å². The summed E-state index contributed by atoms with van der Waals surface area (Å²) in [7, 11) is 1.63. The van der Waals surface area contributed by atoms with Crippen LogP contribution in [0.25, 0.3) is 0 Å². The van der Waals surface area contributed by atoms with Crippen molar-refractivity contribution in [2.45, 2.75) is 25.2 Å². The molecule has 1 fully saturated rings. The van der Waals surface area contributed by atoms with Crippen LogP contribution in [0.15, 0.2) is 0 Å². The molecule has 0 aromatic carbocycles. The summed E-state index contributed by atoms with van der Waals surface area (Å²) in [4.78, 5) is 0. The Hall–Kier alpha value is -0.200. The molecule has 5 heteroatoms. The van der Waals surface area contributed by atoms with Gasteiger partial charge in [-0.2, -0.15) is 0 Å². The first-order valence-corrected chi connectivity index (χ1v) is 5.33. The number of hydrogen-bond donors (Lipinski definition) is 2. The molecule has 90 valence electrons. The van der Waals surface area contributed by atoms with E-state index in [0.29, 0.717) is 19.8 Å². The molecule has 0 saturated carbocycles. The van der Waals surface area contributed by atoms with Crippen molar-refractivity contribution < 1.29 is 19.3 Å². The monoisotopic (exact) mass is 219 g/mol. The lowest BCUT2D eigenvalue weighted by atomic mass is 10.2. The second-order valence-corrected chi connectivity index (χ2v) is 3.87. The first-order valence-electron chi connectivity index (χ1n) is 5.33. The van der Waals surface area contributed by atoms with E-state index in [4.69, 9.17) is 14.2 Å². The van der Waals surface area contributed by atoms with Crippen molar-refractivity contribution in [3.63, 3.8) is 0 Å².